The second-order valence-electron chi connectivity index (χ2n) is 6.25. The average Bonchev–Trinajstić information content (AvgIpc) is 3.38. The Morgan fingerprint density at radius 1 is 1.10 bits per heavy atom. The lowest BCUT2D eigenvalue weighted by molar-refractivity contribution is -0.114. The van der Waals surface area contributed by atoms with Crippen LogP contribution in [0.15, 0.2) is 60.1 Å². The zero-order valence-corrected chi connectivity index (χ0v) is 16.5. The highest BCUT2D eigenvalue weighted by molar-refractivity contribution is 7.14. The number of halogens is 1. The molecule has 0 saturated carbocycles. The fourth-order valence-electron chi connectivity index (χ4n) is 2.69. The number of hydrogen-bond donors (Lipinski definition) is 2. The zero-order chi connectivity index (χ0) is 21.1. The van der Waals surface area contributed by atoms with Crippen molar-refractivity contribution in [2.45, 2.75) is 6.92 Å². The number of anilines is 2. The van der Waals surface area contributed by atoms with Crippen LogP contribution in [0, 0.1) is 5.82 Å². The number of amides is 2. The molecule has 0 fully saturated rings. The van der Waals surface area contributed by atoms with Crippen molar-refractivity contribution in [1.82, 2.24) is 20.0 Å². The third-order valence-electron chi connectivity index (χ3n) is 4.04. The van der Waals surface area contributed by atoms with Gasteiger partial charge in [0, 0.05) is 23.6 Å². The summed E-state index contributed by atoms with van der Waals surface area (Å²) in [4.78, 5) is 27.8. The van der Waals surface area contributed by atoms with Crippen LogP contribution in [-0.4, -0.2) is 31.8 Å². The molecule has 2 amide bonds. The first kappa shape index (κ1) is 19.4. The summed E-state index contributed by atoms with van der Waals surface area (Å²) < 4.78 is 15.9. The van der Waals surface area contributed by atoms with E-state index >= 15 is 0 Å². The molecule has 0 unspecified atom stereocenters. The Morgan fingerprint density at radius 2 is 1.90 bits per heavy atom. The van der Waals surface area contributed by atoms with Crippen molar-refractivity contribution in [2.24, 2.45) is 0 Å². The molecule has 2 N–H and O–H groups in total. The molecule has 0 bridgehead atoms. The van der Waals surface area contributed by atoms with E-state index in [9.17, 15) is 14.0 Å². The molecule has 10 heteroatoms. The van der Waals surface area contributed by atoms with Gasteiger partial charge in [-0.05, 0) is 30.3 Å². The molecule has 0 atom stereocenters. The standard InChI is InChI=1S/C20H15FN6O2S/c1-12(28)22-13-7-8-15(16(21)9-13)18-11-30-20(23-18)24-19(29)17-10-27(26-25-17)14-5-3-2-4-6-14/h2-11H,1H3,(H,22,28)(H,23,24,29). The van der Waals surface area contributed by atoms with Crippen molar-refractivity contribution >= 4 is 34.0 Å². The van der Waals surface area contributed by atoms with E-state index < -0.39 is 11.7 Å². The number of thiazole rings is 1. The maximum Gasteiger partial charge on any atom is 0.279 e. The van der Waals surface area contributed by atoms with E-state index in [1.54, 1.807) is 11.4 Å². The summed E-state index contributed by atoms with van der Waals surface area (Å²) in [7, 11) is 0. The van der Waals surface area contributed by atoms with Gasteiger partial charge >= 0.3 is 0 Å². The number of rotatable bonds is 5. The number of carbonyl (C=O) groups is 2. The first-order valence-corrected chi connectivity index (χ1v) is 9.70. The molecular formula is C20H15FN6O2S. The molecule has 2 aromatic heterocycles. The van der Waals surface area contributed by atoms with Crippen LogP contribution in [0.1, 0.15) is 17.4 Å². The van der Waals surface area contributed by atoms with Gasteiger partial charge in [-0.3, -0.25) is 14.9 Å². The minimum Gasteiger partial charge on any atom is -0.326 e. The normalized spacial score (nSPS) is 10.6. The number of carbonyl (C=O) groups excluding carboxylic acids is 2. The topological polar surface area (TPSA) is 102 Å². The van der Waals surface area contributed by atoms with E-state index in [0.717, 1.165) is 17.0 Å². The number of para-hydroxylation sites is 1. The van der Waals surface area contributed by atoms with Gasteiger partial charge < -0.3 is 5.32 Å². The summed E-state index contributed by atoms with van der Waals surface area (Å²) in [5, 5.41) is 14.9. The van der Waals surface area contributed by atoms with Crippen LogP contribution in [0.5, 0.6) is 0 Å². The number of nitrogens with zero attached hydrogens (tertiary/aromatic N) is 4. The molecule has 8 nitrogen and oxygen atoms in total. The largest absolute Gasteiger partial charge is 0.326 e. The summed E-state index contributed by atoms with van der Waals surface area (Å²) in [5.41, 5.74) is 1.89. The lowest BCUT2D eigenvalue weighted by atomic mass is 10.1. The molecule has 4 rings (SSSR count). The molecule has 0 spiro atoms. The highest BCUT2D eigenvalue weighted by Gasteiger charge is 2.15. The summed E-state index contributed by atoms with van der Waals surface area (Å²) in [5.74, 6) is -1.29. The molecular weight excluding hydrogens is 407 g/mol. The van der Waals surface area contributed by atoms with E-state index in [0.29, 0.717) is 16.5 Å². The van der Waals surface area contributed by atoms with Gasteiger partial charge in [0.25, 0.3) is 5.91 Å². The monoisotopic (exact) mass is 422 g/mol. The van der Waals surface area contributed by atoms with Crippen molar-refractivity contribution in [3.05, 3.63) is 71.6 Å². The second-order valence-corrected chi connectivity index (χ2v) is 7.11. The highest BCUT2D eigenvalue weighted by atomic mass is 32.1. The first-order valence-electron chi connectivity index (χ1n) is 8.82. The van der Waals surface area contributed by atoms with Gasteiger partial charge in [-0.15, -0.1) is 16.4 Å². The minimum atomic E-state index is -0.532. The fourth-order valence-corrected chi connectivity index (χ4v) is 3.40. The summed E-state index contributed by atoms with van der Waals surface area (Å²) in [6.07, 6.45) is 1.51. The Hall–Kier alpha value is -3.92. The van der Waals surface area contributed by atoms with Crippen molar-refractivity contribution in [3.8, 4) is 16.9 Å². The van der Waals surface area contributed by atoms with Crippen LogP contribution in [0.4, 0.5) is 15.2 Å². The quantitative estimate of drug-likeness (QED) is 0.510. The molecule has 0 saturated heterocycles. The van der Waals surface area contributed by atoms with Crippen molar-refractivity contribution in [1.29, 1.82) is 0 Å². The molecule has 0 aliphatic carbocycles. The average molecular weight is 422 g/mol. The third-order valence-corrected chi connectivity index (χ3v) is 4.79. The zero-order valence-electron chi connectivity index (χ0n) is 15.7. The second kappa shape index (κ2) is 8.21. The molecule has 2 aromatic carbocycles. The maximum atomic E-state index is 14.4. The SMILES string of the molecule is CC(=O)Nc1ccc(-c2csc(NC(=O)c3cn(-c4ccccc4)nn3)n2)c(F)c1. The number of benzene rings is 2. The van der Waals surface area contributed by atoms with E-state index in [1.165, 1.54) is 29.9 Å². The van der Waals surface area contributed by atoms with Gasteiger partial charge in [-0.2, -0.15) is 0 Å². The number of nitrogens with one attached hydrogen (secondary N) is 2. The van der Waals surface area contributed by atoms with Gasteiger partial charge in [-0.25, -0.2) is 14.1 Å². The van der Waals surface area contributed by atoms with Gasteiger partial charge in [-0.1, -0.05) is 23.4 Å². The number of aromatic nitrogens is 4. The van der Waals surface area contributed by atoms with Gasteiger partial charge in [0.05, 0.1) is 17.6 Å². The first-order chi connectivity index (χ1) is 14.5. The predicted octanol–water partition coefficient (Wildman–Crippen LogP) is 3.74. The smallest absolute Gasteiger partial charge is 0.279 e. The Labute approximate surface area is 174 Å². The molecule has 0 aliphatic rings. The fraction of sp³-hybridized carbons (Fsp3) is 0.0500. The van der Waals surface area contributed by atoms with Crippen LogP contribution >= 0.6 is 11.3 Å². The van der Waals surface area contributed by atoms with Crippen LogP contribution in [0.2, 0.25) is 0 Å². The summed E-state index contributed by atoms with van der Waals surface area (Å²) in [6.45, 7) is 1.35. The van der Waals surface area contributed by atoms with Crippen molar-refractivity contribution in [2.75, 3.05) is 10.6 Å². The van der Waals surface area contributed by atoms with Crippen molar-refractivity contribution < 1.29 is 14.0 Å². The molecule has 30 heavy (non-hydrogen) atoms. The molecule has 4 aromatic rings. The van der Waals surface area contributed by atoms with E-state index in [-0.39, 0.29) is 17.2 Å². The van der Waals surface area contributed by atoms with Gasteiger partial charge in [0.1, 0.15) is 5.82 Å². The van der Waals surface area contributed by atoms with Crippen LogP contribution < -0.4 is 10.6 Å². The number of hydrogen-bond acceptors (Lipinski definition) is 6. The van der Waals surface area contributed by atoms with Crippen molar-refractivity contribution in [3.63, 3.8) is 0 Å². The van der Waals surface area contributed by atoms with E-state index in [2.05, 4.69) is 25.9 Å². The molecule has 150 valence electrons. The third kappa shape index (κ3) is 4.23. The maximum absolute atomic E-state index is 14.4. The Bertz CT molecular complexity index is 1220. The van der Waals surface area contributed by atoms with Gasteiger partial charge in [0.15, 0.2) is 10.8 Å². The lowest BCUT2D eigenvalue weighted by Gasteiger charge is -2.04. The van der Waals surface area contributed by atoms with E-state index in [1.807, 2.05) is 30.3 Å². The predicted molar refractivity (Wildman–Crippen MR) is 111 cm³/mol. The summed E-state index contributed by atoms with van der Waals surface area (Å²) >= 11 is 1.16. The molecule has 0 aliphatic heterocycles. The Morgan fingerprint density at radius 3 is 2.63 bits per heavy atom. The van der Waals surface area contributed by atoms with Crippen LogP contribution in [0.25, 0.3) is 16.9 Å². The molecule has 0 radical (unpaired) electrons. The van der Waals surface area contributed by atoms with E-state index in [4.69, 9.17) is 0 Å². The lowest BCUT2D eigenvalue weighted by Crippen LogP contribution is -2.12. The highest BCUT2D eigenvalue weighted by Crippen LogP contribution is 2.28. The van der Waals surface area contributed by atoms with Crippen LogP contribution in [-0.2, 0) is 4.79 Å². The minimum absolute atomic E-state index is 0.126. The Kier molecular flexibility index (Phi) is 5.31. The summed E-state index contributed by atoms with van der Waals surface area (Å²) in [6, 6.07) is 13.6. The Balaban J connectivity index is 1.48. The van der Waals surface area contributed by atoms with Gasteiger partial charge in [0.2, 0.25) is 5.91 Å². The van der Waals surface area contributed by atoms with Crippen LogP contribution in [0.3, 0.4) is 0 Å². The molecule has 2 heterocycles.